The van der Waals surface area contributed by atoms with Crippen molar-refractivity contribution in [3.8, 4) is 0 Å². The number of hydrogen-bond acceptors (Lipinski definition) is 2. The lowest BCUT2D eigenvalue weighted by atomic mass is 9.86. The lowest BCUT2D eigenvalue weighted by Crippen LogP contribution is -2.13. The first-order valence-electron chi connectivity index (χ1n) is 9.04. The summed E-state index contributed by atoms with van der Waals surface area (Å²) in [6.07, 6.45) is -4.47. The van der Waals surface area contributed by atoms with Gasteiger partial charge in [-0.15, -0.1) is 0 Å². The van der Waals surface area contributed by atoms with Gasteiger partial charge in [0.05, 0.1) is 11.3 Å². The van der Waals surface area contributed by atoms with Crippen LogP contribution in [0, 0.1) is 0 Å². The number of alkyl halides is 3. The minimum atomic E-state index is -4.47. The Bertz CT molecular complexity index is 1170. The highest BCUT2D eigenvalue weighted by molar-refractivity contribution is 6.10. The summed E-state index contributed by atoms with van der Waals surface area (Å²) in [7, 11) is 0. The maximum atomic E-state index is 13.4. The van der Waals surface area contributed by atoms with E-state index in [4.69, 9.17) is 4.42 Å². The fourth-order valence-corrected chi connectivity index (χ4v) is 3.53. The molecule has 28 heavy (non-hydrogen) atoms. The first kappa shape index (κ1) is 18.4. The third-order valence-corrected chi connectivity index (χ3v) is 4.83. The molecule has 0 atom stereocenters. The van der Waals surface area contributed by atoms with Crippen molar-refractivity contribution >= 4 is 33.3 Å². The molecule has 0 aliphatic rings. The number of para-hydroxylation sites is 3. The van der Waals surface area contributed by atoms with Gasteiger partial charge < -0.3 is 9.73 Å². The molecule has 0 aliphatic carbocycles. The first-order chi connectivity index (χ1) is 13.2. The number of nitrogens with one attached hydrogen (secondary N) is 1. The molecular weight excluding hydrogens is 363 g/mol. The van der Waals surface area contributed by atoms with Crippen molar-refractivity contribution in [1.29, 1.82) is 0 Å². The van der Waals surface area contributed by atoms with E-state index in [1.807, 2.05) is 36.4 Å². The third-order valence-electron chi connectivity index (χ3n) is 4.83. The second-order valence-corrected chi connectivity index (χ2v) is 7.88. The maximum Gasteiger partial charge on any atom is 0.420 e. The van der Waals surface area contributed by atoms with Crippen molar-refractivity contribution in [2.45, 2.75) is 32.4 Å². The van der Waals surface area contributed by atoms with Crippen LogP contribution in [0.25, 0.3) is 21.9 Å². The highest BCUT2D eigenvalue weighted by atomic mass is 19.4. The van der Waals surface area contributed by atoms with Crippen LogP contribution in [-0.4, -0.2) is 0 Å². The third kappa shape index (κ3) is 3.11. The van der Waals surface area contributed by atoms with Crippen molar-refractivity contribution in [2.75, 3.05) is 5.32 Å². The Morgan fingerprint density at radius 1 is 0.679 bits per heavy atom. The van der Waals surface area contributed by atoms with Gasteiger partial charge in [-0.1, -0.05) is 63.2 Å². The average Bonchev–Trinajstić information content (AvgIpc) is 3.00. The molecule has 0 saturated carbocycles. The van der Waals surface area contributed by atoms with E-state index < -0.39 is 11.7 Å². The molecule has 0 radical (unpaired) electrons. The fourth-order valence-electron chi connectivity index (χ4n) is 3.53. The topological polar surface area (TPSA) is 25.2 Å². The smallest absolute Gasteiger partial charge is 0.420 e. The summed E-state index contributed by atoms with van der Waals surface area (Å²) < 4.78 is 46.0. The summed E-state index contributed by atoms with van der Waals surface area (Å²) in [5, 5.41) is 4.47. The predicted octanol–water partition coefficient (Wildman–Crippen LogP) is 7.65. The predicted molar refractivity (Wildman–Crippen MR) is 107 cm³/mol. The van der Waals surface area contributed by atoms with Crippen molar-refractivity contribution in [1.82, 2.24) is 0 Å². The van der Waals surface area contributed by atoms with Crippen LogP contribution in [0.3, 0.4) is 0 Å². The quantitative estimate of drug-likeness (QED) is 0.385. The molecule has 3 aromatic carbocycles. The lowest BCUT2D eigenvalue weighted by Gasteiger charge is -2.23. The second kappa shape index (κ2) is 6.30. The van der Waals surface area contributed by atoms with Crippen LogP contribution < -0.4 is 5.32 Å². The summed E-state index contributed by atoms with van der Waals surface area (Å²) >= 11 is 0. The van der Waals surface area contributed by atoms with E-state index in [-0.39, 0.29) is 11.0 Å². The van der Waals surface area contributed by atoms with Gasteiger partial charge in [0.25, 0.3) is 0 Å². The summed E-state index contributed by atoms with van der Waals surface area (Å²) in [5.74, 6) is 0. The molecule has 2 nitrogen and oxygen atoms in total. The monoisotopic (exact) mass is 383 g/mol. The first-order valence-corrected chi connectivity index (χ1v) is 9.04. The minimum Gasteiger partial charge on any atom is -0.453 e. The van der Waals surface area contributed by atoms with E-state index in [1.54, 1.807) is 12.1 Å². The Labute approximate surface area is 161 Å². The number of fused-ring (bicyclic) bond motifs is 3. The van der Waals surface area contributed by atoms with Gasteiger partial charge in [-0.05, 0) is 29.2 Å². The molecule has 4 aromatic rings. The number of benzene rings is 3. The highest BCUT2D eigenvalue weighted by Crippen LogP contribution is 2.41. The SMILES string of the molecule is CC(C)(C)c1ccccc1Nc1cccc2c1oc1c(C(F)(F)F)cccc12. The lowest BCUT2D eigenvalue weighted by molar-refractivity contribution is -0.136. The van der Waals surface area contributed by atoms with Gasteiger partial charge in [0.1, 0.15) is 5.58 Å². The van der Waals surface area contributed by atoms with Crippen LogP contribution in [0.1, 0.15) is 31.9 Å². The zero-order valence-electron chi connectivity index (χ0n) is 15.8. The Morgan fingerprint density at radius 2 is 1.25 bits per heavy atom. The molecule has 0 aliphatic heterocycles. The van der Waals surface area contributed by atoms with Crippen molar-refractivity contribution in [3.05, 3.63) is 71.8 Å². The molecule has 5 heteroatoms. The molecule has 1 heterocycles. The van der Waals surface area contributed by atoms with Gasteiger partial charge in [-0.2, -0.15) is 13.2 Å². The number of furan rings is 1. The van der Waals surface area contributed by atoms with Crippen molar-refractivity contribution in [2.24, 2.45) is 0 Å². The Hall–Kier alpha value is -2.95. The zero-order chi connectivity index (χ0) is 20.1. The molecule has 0 fully saturated rings. The van der Waals surface area contributed by atoms with E-state index in [9.17, 15) is 13.2 Å². The Kier molecular flexibility index (Phi) is 4.14. The summed E-state index contributed by atoms with van der Waals surface area (Å²) in [5.41, 5.74) is 2.08. The average molecular weight is 383 g/mol. The molecule has 0 spiro atoms. The normalized spacial score (nSPS) is 12.6. The largest absolute Gasteiger partial charge is 0.453 e. The number of anilines is 2. The van der Waals surface area contributed by atoms with E-state index in [1.165, 1.54) is 6.07 Å². The zero-order valence-corrected chi connectivity index (χ0v) is 15.8. The van der Waals surface area contributed by atoms with Crippen LogP contribution in [0.4, 0.5) is 24.5 Å². The molecule has 0 amide bonds. The molecular formula is C23H20F3NO. The van der Waals surface area contributed by atoms with Crippen molar-refractivity contribution in [3.63, 3.8) is 0 Å². The summed E-state index contributed by atoms with van der Waals surface area (Å²) in [4.78, 5) is 0. The summed E-state index contributed by atoms with van der Waals surface area (Å²) in [6, 6.07) is 17.4. The van der Waals surface area contributed by atoms with Gasteiger partial charge in [0.2, 0.25) is 0 Å². The van der Waals surface area contributed by atoms with Crippen LogP contribution >= 0.6 is 0 Å². The van der Waals surface area contributed by atoms with Gasteiger partial charge in [0.15, 0.2) is 5.58 Å². The minimum absolute atomic E-state index is 0.0885. The van der Waals surface area contributed by atoms with E-state index in [2.05, 4.69) is 26.1 Å². The van der Waals surface area contributed by atoms with E-state index >= 15 is 0 Å². The standard InChI is InChI=1S/C23H20F3NO/c1-22(2,3)16-10-4-5-12-18(16)27-19-13-7-9-15-14-8-6-11-17(23(24,25)26)20(14)28-21(15)19/h4-13,27H,1-3H3. The van der Waals surface area contributed by atoms with E-state index in [0.717, 1.165) is 17.3 Å². The maximum absolute atomic E-state index is 13.4. The Balaban J connectivity index is 1.91. The van der Waals surface area contributed by atoms with Gasteiger partial charge in [0, 0.05) is 16.5 Å². The fraction of sp³-hybridized carbons (Fsp3) is 0.217. The van der Waals surface area contributed by atoms with Crippen LogP contribution in [0.5, 0.6) is 0 Å². The number of hydrogen-bond donors (Lipinski definition) is 1. The highest BCUT2D eigenvalue weighted by Gasteiger charge is 2.34. The molecule has 0 bridgehead atoms. The Morgan fingerprint density at radius 3 is 1.93 bits per heavy atom. The molecule has 144 valence electrons. The van der Waals surface area contributed by atoms with Crippen LogP contribution in [0.15, 0.2) is 65.1 Å². The number of halogens is 3. The van der Waals surface area contributed by atoms with Gasteiger partial charge in [-0.25, -0.2) is 0 Å². The van der Waals surface area contributed by atoms with Gasteiger partial charge >= 0.3 is 6.18 Å². The van der Waals surface area contributed by atoms with Crippen molar-refractivity contribution < 1.29 is 17.6 Å². The molecule has 4 rings (SSSR count). The molecule has 0 saturated heterocycles. The number of rotatable bonds is 2. The van der Waals surface area contributed by atoms with E-state index in [0.29, 0.717) is 22.0 Å². The summed E-state index contributed by atoms with van der Waals surface area (Å²) in [6.45, 7) is 6.35. The van der Waals surface area contributed by atoms with Crippen LogP contribution in [-0.2, 0) is 11.6 Å². The second-order valence-electron chi connectivity index (χ2n) is 7.88. The molecule has 1 aromatic heterocycles. The molecule has 0 unspecified atom stereocenters. The van der Waals surface area contributed by atoms with Gasteiger partial charge in [-0.3, -0.25) is 0 Å². The van der Waals surface area contributed by atoms with Crippen LogP contribution in [0.2, 0.25) is 0 Å². The molecule has 1 N–H and O–H groups in total.